The molecule has 1 aliphatic rings. The summed E-state index contributed by atoms with van der Waals surface area (Å²) in [6.45, 7) is 0.610. The van der Waals surface area contributed by atoms with Crippen molar-refractivity contribution in [3.63, 3.8) is 0 Å². The molecule has 22 heavy (non-hydrogen) atoms. The van der Waals surface area contributed by atoms with Crippen molar-refractivity contribution >= 4 is 11.9 Å². The molecule has 0 bridgehead atoms. The number of aliphatic carboxylic acids is 1. The average molecular weight is 301 g/mol. The number of hydrogen-bond donors (Lipinski definition) is 1. The highest BCUT2D eigenvalue weighted by Crippen LogP contribution is 2.32. The highest BCUT2D eigenvalue weighted by molar-refractivity contribution is 5.79. The highest BCUT2D eigenvalue weighted by atomic mass is 16.4. The first kappa shape index (κ1) is 14.2. The number of tetrazole rings is 1. The summed E-state index contributed by atoms with van der Waals surface area (Å²) in [6, 6.07) is 9.43. The molecule has 2 atom stereocenters. The Balaban J connectivity index is 1.75. The van der Waals surface area contributed by atoms with E-state index >= 15 is 0 Å². The van der Waals surface area contributed by atoms with Gasteiger partial charge in [-0.1, -0.05) is 30.3 Å². The predicted octanol–water partition coefficient (Wildman–Crippen LogP) is -0.0001000. The van der Waals surface area contributed by atoms with Gasteiger partial charge in [-0.2, -0.15) is 0 Å². The van der Waals surface area contributed by atoms with E-state index in [1.807, 2.05) is 30.3 Å². The van der Waals surface area contributed by atoms with E-state index in [4.69, 9.17) is 0 Å². The zero-order valence-electron chi connectivity index (χ0n) is 11.7. The van der Waals surface area contributed by atoms with E-state index in [2.05, 4.69) is 15.5 Å². The zero-order chi connectivity index (χ0) is 15.5. The third kappa shape index (κ3) is 2.80. The van der Waals surface area contributed by atoms with Gasteiger partial charge in [0.05, 0.1) is 5.92 Å². The SMILES string of the molecule is O=C(O)C1CN(C(=O)Cn2cnnn2)CC1c1ccccc1. The summed E-state index contributed by atoms with van der Waals surface area (Å²) in [5, 5.41) is 20.0. The molecule has 114 valence electrons. The van der Waals surface area contributed by atoms with Gasteiger partial charge in [-0.05, 0) is 16.0 Å². The average Bonchev–Trinajstić information content (AvgIpc) is 3.17. The molecule has 8 nitrogen and oxygen atoms in total. The maximum absolute atomic E-state index is 12.3. The van der Waals surface area contributed by atoms with E-state index in [0.29, 0.717) is 6.54 Å². The van der Waals surface area contributed by atoms with Gasteiger partial charge in [0.25, 0.3) is 0 Å². The van der Waals surface area contributed by atoms with Crippen LogP contribution in [0, 0.1) is 5.92 Å². The number of carbonyl (C=O) groups is 2. The van der Waals surface area contributed by atoms with Crippen LogP contribution in [0.5, 0.6) is 0 Å². The normalized spacial score (nSPS) is 21.0. The minimum atomic E-state index is -0.883. The fraction of sp³-hybridized carbons (Fsp3) is 0.357. The summed E-state index contributed by atoms with van der Waals surface area (Å²) in [5.41, 5.74) is 0.938. The lowest BCUT2D eigenvalue weighted by atomic mass is 9.89. The molecule has 8 heteroatoms. The van der Waals surface area contributed by atoms with Gasteiger partial charge in [-0.25, -0.2) is 4.68 Å². The minimum Gasteiger partial charge on any atom is -0.481 e. The second-order valence-electron chi connectivity index (χ2n) is 5.27. The summed E-state index contributed by atoms with van der Waals surface area (Å²) in [6.07, 6.45) is 1.36. The van der Waals surface area contributed by atoms with Crippen LogP contribution in [-0.2, 0) is 16.1 Å². The van der Waals surface area contributed by atoms with Crippen LogP contribution in [0.25, 0.3) is 0 Å². The fourth-order valence-electron chi connectivity index (χ4n) is 2.79. The first-order chi connectivity index (χ1) is 10.6. The van der Waals surface area contributed by atoms with Crippen molar-refractivity contribution < 1.29 is 14.7 Å². The zero-order valence-corrected chi connectivity index (χ0v) is 11.7. The van der Waals surface area contributed by atoms with Crippen LogP contribution in [0.2, 0.25) is 0 Å². The molecule has 1 amide bonds. The Morgan fingerprint density at radius 3 is 2.64 bits per heavy atom. The maximum atomic E-state index is 12.3. The van der Waals surface area contributed by atoms with Gasteiger partial charge >= 0.3 is 5.97 Å². The lowest BCUT2D eigenvalue weighted by molar-refractivity contribution is -0.141. The molecular formula is C14H15N5O3. The van der Waals surface area contributed by atoms with Crippen LogP contribution in [-0.4, -0.2) is 55.2 Å². The number of rotatable bonds is 4. The maximum Gasteiger partial charge on any atom is 0.308 e. The molecular weight excluding hydrogens is 286 g/mol. The van der Waals surface area contributed by atoms with Crippen molar-refractivity contribution in [2.75, 3.05) is 13.1 Å². The lowest BCUT2D eigenvalue weighted by Gasteiger charge is -2.16. The second kappa shape index (κ2) is 5.92. The molecule has 0 saturated carbocycles. The Morgan fingerprint density at radius 2 is 2.00 bits per heavy atom. The van der Waals surface area contributed by atoms with E-state index in [9.17, 15) is 14.7 Å². The molecule has 0 radical (unpaired) electrons. The third-order valence-electron chi connectivity index (χ3n) is 3.91. The summed E-state index contributed by atoms with van der Waals surface area (Å²) in [5.74, 6) is -1.86. The van der Waals surface area contributed by atoms with Gasteiger partial charge in [-0.15, -0.1) is 5.10 Å². The second-order valence-corrected chi connectivity index (χ2v) is 5.27. The van der Waals surface area contributed by atoms with Crippen molar-refractivity contribution in [1.29, 1.82) is 0 Å². The Hall–Kier alpha value is -2.77. The Kier molecular flexibility index (Phi) is 3.82. The summed E-state index contributed by atoms with van der Waals surface area (Å²) >= 11 is 0. The van der Waals surface area contributed by atoms with Crippen molar-refractivity contribution in [3.8, 4) is 0 Å². The molecule has 0 aliphatic carbocycles. The van der Waals surface area contributed by atoms with Crippen molar-refractivity contribution in [2.45, 2.75) is 12.5 Å². The van der Waals surface area contributed by atoms with E-state index in [1.54, 1.807) is 4.90 Å². The van der Waals surface area contributed by atoms with Crippen LogP contribution in [0.15, 0.2) is 36.7 Å². The van der Waals surface area contributed by atoms with E-state index in [0.717, 1.165) is 5.56 Å². The largest absolute Gasteiger partial charge is 0.481 e. The van der Waals surface area contributed by atoms with Gasteiger partial charge in [0, 0.05) is 19.0 Å². The monoisotopic (exact) mass is 301 g/mol. The molecule has 1 aromatic carbocycles. The van der Waals surface area contributed by atoms with Crippen LogP contribution >= 0.6 is 0 Å². The highest BCUT2D eigenvalue weighted by Gasteiger charge is 2.40. The van der Waals surface area contributed by atoms with Crippen LogP contribution in [0.3, 0.4) is 0 Å². The number of carbonyl (C=O) groups excluding carboxylic acids is 1. The smallest absolute Gasteiger partial charge is 0.308 e. The molecule has 2 heterocycles. The Morgan fingerprint density at radius 1 is 1.23 bits per heavy atom. The van der Waals surface area contributed by atoms with E-state index in [-0.39, 0.29) is 24.9 Å². The van der Waals surface area contributed by atoms with Gasteiger partial charge in [0.1, 0.15) is 12.9 Å². The van der Waals surface area contributed by atoms with Crippen LogP contribution < -0.4 is 0 Å². The lowest BCUT2D eigenvalue weighted by Crippen LogP contribution is -2.33. The van der Waals surface area contributed by atoms with Gasteiger partial charge in [-0.3, -0.25) is 9.59 Å². The minimum absolute atomic E-state index is 0.0147. The molecule has 1 saturated heterocycles. The number of benzene rings is 1. The molecule has 3 rings (SSSR count). The standard InChI is InChI=1S/C14H15N5O3/c20-13(8-19-9-15-16-17-19)18-6-11(12(7-18)14(21)22)10-4-2-1-3-5-10/h1-5,9,11-12H,6-8H2,(H,21,22). The Labute approximate surface area is 126 Å². The fourth-order valence-corrected chi connectivity index (χ4v) is 2.79. The summed E-state index contributed by atoms with van der Waals surface area (Å²) in [4.78, 5) is 25.3. The Bertz CT molecular complexity index is 658. The third-order valence-corrected chi connectivity index (χ3v) is 3.91. The number of likely N-dealkylation sites (tertiary alicyclic amines) is 1. The quantitative estimate of drug-likeness (QED) is 0.853. The van der Waals surface area contributed by atoms with Crippen molar-refractivity contribution in [2.24, 2.45) is 5.92 Å². The topological polar surface area (TPSA) is 101 Å². The number of nitrogens with zero attached hydrogens (tertiary/aromatic N) is 5. The molecule has 2 aromatic rings. The number of hydrogen-bond acceptors (Lipinski definition) is 5. The molecule has 1 N–H and O–H groups in total. The van der Waals surface area contributed by atoms with E-state index < -0.39 is 11.9 Å². The van der Waals surface area contributed by atoms with Gasteiger partial charge < -0.3 is 10.0 Å². The summed E-state index contributed by atoms with van der Waals surface area (Å²) < 4.78 is 1.33. The first-order valence-electron chi connectivity index (χ1n) is 6.91. The first-order valence-corrected chi connectivity index (χ1v) is 6.91. The summed E-state index contributed by atoms with van der Waals surface area (Å²) in [7, 11) is 0. The predicted molar refractivity (Wildman–Crippen MR) is 74.7 cm³/mol. The number of aromatic nitrogens is 4. The van der Waals surface area contributed by atoms with E-state index in [1.165, 1.54) is 11.0 Å². The van der Waals surface area contributed by atoms with Crippen LogP contribution in [0.1, 0.15) is 11.5 Å². The number of carboxylic acids is 1. The molecule has 1 fully saturated rings. The van der Waals surface area contributed by atoms with Crippen molar-refractivity contribution in [3.05, 3.63) is 42.2 Å². The molecule has 1 aliphatic heterocycles. The molecule has 1 aromatic heterocycles. The van der Waals surface area contributed by atoms with Gasteiger partial charge in [0.2, 0.25) is 5.91 Å². The number of amides is 1. The van der Waals surface area contributed by atoms with Crippen LogP contribution in [0.4, 0.5) is 0 Å². The number of carboxylic acid groups (broad SMARTS) is 1. The van der Waals surface area contributed by atoms with Crippen molar-refractivity contribution in [1.82, 2.24) is 25.1 Å². The molecule has 2 unspecified atom stereocenters. The molecule has 0 spiro atoms. The van der Waals surface area contributed by atoms with Gasteiger partial charge in [0.15, 0.2) is 0 Å².